The van der Waals surface area contributed by atoms with Crippen molar-refractivity contribution in [3.63, 3.8) is 0 Å². The Hall–Kier alpha value is -1.99. The van der Waals surface area contributed by atoms with Gasteiger partial charge >= 0.3 is 0 Å². The number of halogens is 1. The first-order valence-electron chi connectivity index (χ1n) is 6.21. The fourth-order valence-corrected chi connectivity index (χ4v) is 2.53. The number of aryl methyl sites for hydroxylation is 1. The van der Waals surface area contributed by atoms with Gasteiger partial charge in [0, 0.05) is 17.1 Å². The molecule has 0 bridgehead atoms. The normalized spacial score (nSPS) is 9.90. The number of hydrogen-bond acceptors (Lipinski definition) is 3. The van der Waals surface area contributed by atoms with Crippen molar-refractivity contribution in [2.45, 2.75) is 13.5 Å². The molecule has 0 aliphatic heterocycles. The quantitative estimate of drug-likeness (QED) is 0.911. The molecule has 0 heterocycles. The third-order valence-electron chi connectivity index (χ3n) is 3.01. The third-order valence-corrected chi connectivity index (χ3v) is 3.75. The molecule has 0 amide bonds. The van der Waals surface area contributed by atoms with Crippen LogP contribution in [0.5, 0.6) is 5.75 Å². The molecule has 2 rings (SSSR count). The van der Waals surface area contributed by atoms with Crippen LogP contribution in [0.4, 0.5) is 5.69 Å². The first-order valence-corrected chi connectivity index (χ1v) is 7.00. The minimum atomic E-state index is 0.587. The van der Waals surface area contributed by atoms with E-state index in [1.54, 1.807) is 19.2 Å². The van der Waals surface area contributed by atoms with E-state index in [2.05, 4.69) is 52.4 Å². The number of ether oxygens (including phenoxy) is 1. The molecule has 0 saturated carbocycles. The van der Waals surface area contributed by atoms with Crippen molar-refractivity contribution in [2.24, 2.45) is 0 Å². The van der Waals surface area contributed by atoms with Crippen LogP contribution in [0.3, 0.4) is 0 Å². The highest BCUT2D eigenvalue weighted by atomic mass is 79.9. The molecule has 2 aromatic carbocycles. The molecular formula is C16H15BrN2O. The van der Waals surface area contributed by atoms with Gasteiger partial charge in [-0.15, -0.1) is 0 Å². The van der Waals surface area contributed by atoms with E-state index in [1.807, 2.05) is 6.07 Å². The van der Waals surface area contributed by atoms with E-state index in [0.29, 0.717) is 17.9 Å². The molecule has 102 valence electrons. The molecule has 0 aliphatic rings. The average molecular weight is 331 g/mol. The van der Waals surface area contributed by atoms with Crippen LogP contribution in [0.25, 0.3) is 0 Å². The number of hydrogen-bond donors (Lipinski definition) is 1. The van der Waals surface area contributed by atoms with Gasteiger partial charge in [0.05, 0.1) is 24.4 Å². The van der Waals surface area contributed by atoms with Gasteiger partial charge in [-0.2, -0.15) is 5.26 Å². The number of nitriles is 1. The van der Waals surface area contributed by atoms with Gasteiger partial charge in [0.25, 0.3) is 0 Å². The first-order chi connectivity index (χ1) is 9.63. The summed E-state index contributed by atoms with van der Waals surface area (Å²) in [7, 11) is 1.60. The van der Waals surface area contributed by atoms with Crippen LogP contribution in [0, 0.1) is 18.3 Å². The summed E-state index contributed by atoms with van der Waals surface area (Å²) in [4.78, 5) is 0. The van der Waals surface area contributed by atoms with E-state index < -0.39 is 0 Å². The molecule has 0 saturated heterocycles. The summed E-state index contributed by atoms with van der Waals surface area (Å²) >= 11 is 3.56. The van der Waals surface area contributed by atoms with Gasteiger partial charge < -0.3 is 10.1 Å². The van der Waals surface area contributed by atoms with Crippen molar-refractivity contribution in [3.05, 3.63) is 57.6 Å². The van der Waals surface area contributed by atoms with E-state index in [9.17, 15) is 0 Å². The fourth-order valence-electron chi connectivity index (χ4n) is 1.89. The predicted octanol–water partition coefficient (Wildman–Crippen LogP) is 4.25. The maximum absolute atomic E-state index is 8.89. The van der Waals surface area contributed by atoms with Crippen molar-refractivity contribution >= 4 is 21.6 Å². The Morgan fingerprint density at radius 1 is 1.25 bits per heavy atom. The van der Waals surface area contributed by atoms with Gasteiger partial charge in [-0.3, -0.25) is 0 Å². The molecule has 0 spiro atoms. The highest BCUT2D eigenvalue weighted by molar-refractivity contribution is 9.10. The Morgan fingerprint density at radius 2 is 2.05 bits per heavy atom. The lowest BCUT2D eigenvalue weighted by molar-refractivity contribution is 0.416. The van der Waals surface area contributed by atoms with Crippen molar-refractivity contribution < 1.29 is 4.74 Å². The molecule has 0 aliphatic carbocycles. The first kappa shape index (κ1) is 14.4. The minimum absolute atomic E-state index is 0.587. The maximum atomic E-state index is 8.89. The summed E-state index contributed by atoms with van der Waals surface area (Å²) in [5.41, 5.74) is 3.85. The topological polar surface area (TPSA) is 45.0 Å². The van der Waals surface area contributed by atoms with Gasteiger partial charge in [0.2, 0.25) is 0 Å². The summed E-state index contributed by atoms with van der Waals surface area (Å²) < 4.78 is 6.38. The van der Waals surface area contributed by atoms with E-state index in [-0.39, 0.29) is 0 Å². The standard InChI is InChI=1S/C16H15BrN2O/c1-11-3-5-13(14(17)7-11)10-19-15-6-4-12(9-18)8-16(15)20-2/h3-8,19H,10H2,1-2H3. The highest BCUT2D eigenvalue weighted by Gasteiger charge is 2.05. The number of rotatable bonds is 4. The van der Waals surface area contributed by atoms with Crippen LogP contribution in [-0.2, 0) is 6.54 Å². The van der Waals surface area contributed by atoms with Crippen LogP contribution in [0.2, 0.25) is 0 Å². The third kappa shape index (κ3) is 3.31. The van der Waals surface area contributed by atoms with Gasteiger partial charge in [-0.05, 0) is 36.2 Å². The van der Waals surface area contributed by atoms with Crippen LogP contribution < -0.4 is 10.1 Å². The zero-order valence-electron chi connectivity index (χ0n) is 11.4. The van der Waals surface area contributed by atoms with Crippen molar-refractivity contribution in [2.75, 3.05) is 12.4 Å². The molecule has 0 unspecified atom stereocenters. The summed E-state index contributed by atoms with van der Waals surface area (Å²) in [5, 5.41) is 12.2. The van der Waals surface area contributed by atoms with Crippen molar-refractivity contribution in [1.82, 2.24) is 0 Å². The van der Waals surface area contributed by atoms with Crippen LogP contribution in [-0.4, -0.2) is 7.11 Å². The number of nitrogens with zero attached hydrogens (tertiary/aromatic N) is 1. The van der Waals surface area contributed by atoms with E-state index in [0.717, 1.165) is 10.2 Å². The molecule has 4 heteroatoms. The fraction of sp³-hybridized carbons (Fsp3) is 0.188. The van der Waals surface area contributed by atoms with Crippen molar-refractivity contribution in [3.8, 4) is 11.8 Å². The Balaban J connectivity index is 2.16. The van der Waals surface area contributed by atoms with Crippen LogP contribution in [0.15, 0.2) is 40.9 Å². The van der Waals surface area contributed by atoms with Crippen LogP contribution >= 0.6 is 15.9 Å². The zero-order chi connectivity index (χ0) is 14.5. The molecule has 0 aromatic heterocycles. The van der Waals surface area contributed by atoms with E-state index in [1.165, 1.54) is 11.1 Å². The second-order valence-electron chi connectivity index (χ2n) is 4.48. The van der Waals surface area contributed by atoms with Gasteiger partial charge in [-0.25, -0.2) is 0 Å². The average Bonchev–Trinajstić information content (AvgIpc) is 2.46. The second-order valence-corrected chi connectivity index (χ2v) is 5.33. The van der Waals surface area contributed by atoms with Gasteiger partial charge in [0.15, 0.2) is 0 Å². The number of anilines is 1. The molecular weight excluding hydrogens is 316 g/mol. The zero-order valence-corrected chi connectivity index (χ0v) is 13.0. The van der Waals surface area contributed by atoms with Gasteiger partial charge in [-0.1, -0.05) is 28.1 Å². The maximum Gasteiger partial charge on any atom is 0.143 e. The Morgan fingerprint density at radius 3 is 2.70 bits per heavy atom. The minimum Gasteiger partial charge on any atom is -0.495 e. The summed E-state index contributed by atoms with van der Waals surface area (Å²) in [6, 6.07) is 13.7. The lowest BCUT2D eigenvalue weighted by Gasteiger charge is -2.12. The molecule has 20 heavy (non-hydrogen) atoms. The Labute approximate surface area is 127 Å². The Kier molecular flexibility index (Phi) is 4.65. The second kappa shape index (κ2) is 6.44. The van der Waals surface area contributed by atoms with E-state index in [4.69, 9.17) is 10.00 Å². The Bertz CT molecular complexity index is 662. The molecule has 1 N–H and O–H groups in total. The van der Waals surface area contributed by atoms with Gasteiger partial charge in [0.1, 0.15) is 5.75 Å². The molecule has 0 radical (unpaired) electrons. The summed E-state index contributed by atoms with van der Waals surface area (Å²) in [6.07, 6.45) is 0. The summed E-state index contributed by atoms with van der Waals surface area (Å²) in [5.74, 6) is 0.673. The number of benzene rings is 2. The predicted molar refractivity (Wildman–Crippen MR) is 83.9 cm³/mol. The lowest BCUT2D eigenvalue weighted by Crippen LogP contribution is -2.02. The number of methoxy groups -OCH3 is 1. The largest absolute Gasteiger partial charge is 0.495 e. The van der Waals surface area contributed by atoms with Crippen molar-refractivity contribution in [1.29, 1.82) is 5.26 Å². The molecule has 2 aromatic rings. The highest BCUT2D eigenvalue weighted by Crippen LogP contribution is 2.27. The van der Waals surface area contributed by atoms with E-state index >= 15 is 0 Å². The molecule has 3 nitrogen and oxygen atoms in total. The smallest absolute Gasteiger partial charge is 0.143 e. The lowest BCUT2D eigenvalue weighted by atomic mass is 10.1. The van der Waals surface area contributed by atoms with Crippen LogP contribution in [0.1, 0.15) is 16.7 Å². The summed E-state index contributed by atoms with van der Waals surface area (Å²) in [6.45, 7) is 2.74. The molecule has 0 fully saturated rings. The number of nitrogens with one attached hydrogen (secondary N) is 1. The monoisotopic (exact) mass is 330 g/mol. The molecule has 0 atom stereocenters. The SMILES string of the molecule is COc1cc(C#N)ccc1NCc1ccc(C)cc1Br.